The van der Waals surface area contributed by atoms with E-state index in [0.29, 0.717) is 17.2 Å². The summed E-state index contributed by atoms with van der Waals surface area (Å²) in [6.45, 7) is 0. The number of pyridine rings is 1. The molecule has 0 spiro atoms. The lowest BCUT2D eigenvalue weighted by Gasteiger charge is -2.10. The number of hydrogen-bond donors (Lipinski definition) is 1. The molecule has 1 aromatic carbocycles. The summed E-state index contributed by atoms with van der Waals surface area (Å²) in [5, 5.41) is 4.48. The highest BCUT2D eigenvalue weighted by Crippen LogP contribution is 2.43. The van der Waals surface area contributed by atoms with Crippen LogP contribution < -0.4 is 10.3 Å². The number of benzene rings is 1. The lowest BCUT2D eigenvalue weighted by atomic mass is 10.0. The largest absolute Gasteiger partial charge is 0.318 e. The van der Waals surface area contributed by atoms with Crippen LogP contribution in [0.4, 0.5) is 0 Å². The molecule has 1 fully saturated rings. The zero-order valence-corrected chi connectivity index (χ0v) is 16.0. The first-order valence-corrected chi connectivity index (χ1v) is 9.99. The Hall–Kier alpha value is -2.80. The summed E-state index contributed by atoms with van der Waals surface area (Å²) in [7, 11) is 1.76. The van der Waals surface area contributed by atoms with Crippen LogP contribution in [-0.2, 0) is 7.05 Å². The number of nitrogens with zero attached hydrogens (tertiary/aromatic N) is 3. The van der Waals surface area contributed by atoms with Gasteiger partial charge in [0.2, 0.25) is 0 Å². The van der Waals surface area contributed by atoms with Gasteiger partial charge in [-0.15, -0.1) is 0 Å². The lowest BCUT2D eigenvalue weighted by molar-refractivity contribution is 0.0984. The van der Waals surface area contributed by atoms with Crippen molar-refractivity contribution in [1.82, 2.24) is 19.1 Å². The summed E-state index contributed by atoms with van der Waals surface area (Å²) < 4.78 is 6.07. The van der Waals surface area contributed by atoms with Gasteiger partial charge in [-0.3, -0.25) is 14.3 Å². The lowest BCUT2D eigenvalue weighted by Crippen LogP contribution is -2.17. The van der Waals surface area contributed by atoms with Gasteiger partial charge in [0.25, 0.3) is 11.5 Å². The molecule has 1 amide bonds. The summed E-state index contributed by atoms with van der Waals surface area (Å²) in [6, 6.07) is 9.11. The first-order chi connectivity index (χ1) is 13.1. The summed E-state index contributed by atoms with van der Waals surface area (Å²) in [5.41, 5.74) is 4.33. The number of para-hydroxylation sites is 1. The van der Waals surface area contributed by atoms with E-state index in [1.54, 1.807) is 34.6 Å². The van der Waals surface area contributed by atoms with Crippen LogP contribution in [0.3, 0.4) is 0 Å². The highest BCUT2D eigenvalue weighted by Gasteiger charge is 2.27. The van der Waals surface area contributed by atoms with Gasteiger partial charge in [0, 0.05) is 42.9 Å². The van der Waals surface area contributed by atoms with Crippen LogP contribution in [0.2, 0.25) is 0 Å². The molecule has 6 nitrogen and oxygen atoms in total. The minimum absolute atomic E-state index is 0.00660. The Kier molecular flexibility index (Phi) is 4.61. The van der Waals surface area contributed by atoms with Gasteiger partial charge in [0.05, 0.1) is 17.4 Å². The van der Waals surface area contributed by atoms with Gasteiger partial charge >= 0.3 is 0 Å². The van der Waals surface area contributed by atoms with Crippen LogP contribution in [0.5, 0.6) is 0 Å². The SMILES string of the molecule is CSNC(=O)c1ccccc1-n1cc(-c2cn(C)c(=O)cc2C2CC2)cn1. The monoisotopic (exact) mass is 380 g/mol. The predicted molar refractivity (Wildman–Crippen MR) is 107 cm³/mol. The molecule has 0 aliphatic heterocycles. The van der Waals surface area contributed by atoms with Crippen molar-refractivity contribution in [3.05, 3.63) is 70.4 Å². The molecule has 1 N–H and O–H groups in total. The third-order valence-electron chi connectivity index (χ3n) is 4.76. The van der Waals surface area contributed by atoms with Crippen LogP contribution in [0.15, 0.2) is 53.7 Å². The third-order valence-corrected chi connectivity index (χ3v) is 5.15. The van der Waals surface area contributed by atoms with Crippen molar-refractivity contribution in [2.75, 3.05) is 6.26 Å². The number of nitrogens with one attached hydrogen (secondary N) is 1. The maximum absolute atomic E-state index is 12.3. The zero-order chi connectivity index (χ0) is 19.0. The van der Waals surface area contributed by atoms with E-state index in [9.17, 15) is 9.59 Å². The molecule has 0 radical (unpaired) electrons. The molecule has 0 saturated heterocycles. The van der Waals surface area contributed by atoms with Crippen LogP contribution in [0, 0.1) is 0 Å². The number of aryl methyl sites for hydroxylation is 1. The van der Waals surface area contributed by atoms with Crippen LogP contribution >= 0.6 is 11.9 Å². The molecule has 3 aromatic rings. The highest BCUT2D eigenvalue weighted by atomic mass is 32.2. The van der Waals surface area contributed by atoms with Gasteiger partial charge in [-0.05, 0) is 36.5 Å². The minimum atomic E-state index is -0.157. The third kappa shape index (κ3) is 3.42. The second-order valence-corrected chi connectivity index (χ2v) is 7.30. The van der Waals surface area contributed by atoms with E-state index >= 15 is 0 Å². The van der Waals surface area contributed by atoms with E-state index < -0.39 is 0 Å². The summed E-state index contributed by atoms with van der Waals surface area (Å²) >= 11 is 1.26. The van der Waals surface area contributed by atoms with Crippen molar-refractivity contribution in [3.63, 3.8) is 0 Å². The average Bonchev–Trinajstić information content (AvgIpc) is 3.40. The standard InChI is InChI=1S/C20H20N4O2S/c1-23-12-17(16(9-19(23)25)13-7-8-13)14-10-21-24(11-14)18-6-4-3-5-15(18)20(26)22-27-2/h3-6,9-13H,7-8H2,1-2H3,(H,22,26). The van der Waals surface area contributed by atoms with Crippen molar-refractivity contribution in [2.45, 2.75) is 18.8 Å². The fraction of sp³-hybridized carbons (Fsp3) is 0.250. The summed E-state index contributed by atoms with van der Waals surface area (Å²) in [5.74, 6) is 0.299. The molecule has 1 aliphatic rings. The normalized spacial score (nSPS) is 13.6. The quantitative estimate of drug-likeness (QED) is 0.691. The van der Waals surface area contributed by atoms with Gasteiger partial charge in [-0.1, -0.05) is 24.1 Å². The predicted octanol–water partition coefficient (Wildman–Crippen LogP) is 3.12. The van der Waals surface area contributed by atoms with Gasteiger partial charge in [-0.2, -0.15) is 5.10 Å². The Bertz CT molecular complexity index is 1070. The maximum Gasteiger partial charge on any atom is 0.263 e. The van der Waals surface area contributed by atoms with Gasteiger partial charge in [-0.25, -0.2) is 4.68 Å². The molecule has 4 rings (SSSR count). The topological polar surface area (TPSA) is 68.9 Å². The smallest absolute Gasteiger partial charge is 0.263 e. The van der Waals surface area contributed by atoms with Crippen molar-refractivity contribution in [2.24, 2.45) is 7.05 Å². The van der Waals surface area contributed by atoms with Crippen LogP contribution in [-0.4, -0.2) is 26.5 Å². The highest BCUT2D eigenvalue weighted by molar-refractivity contribution is 7.97. The number of carbonyl (C=O) groups is 1. The van der Waals surface area contributed by atoms with Gasteiger partial charge in [0.1, 0.15) is 0 Å². The first-order valence-electron chi connectivity index (χ1n) is 8.77. The summed E-state index contributed by atoms with van der Waals surface area (Å²) in [4.78, 5) is 24.4. The van der Waals surface area contributed by atoms with Crippen molar-refractivity contribution in [1.29, 1.82) is 0 Å². The second-order valence-electron chi connectivity index (χ2n) is 6.69. The number of aromatic nitrogens is 3. The van der Waals surface area contributed by atoms with E-state index in [0.717, 1.165) is 29.5 Å². The van der Waals surface area contributed by atoms with Crippen LogP contribution in [0.1, 0.15) is 34.7 Å². The Balaban J connectivity index is 1.77. The van der Waals surface area contributed by atoms with E-state index in [-0.39, 0.29) is 11.5 Å². The molecule has 27 heavy (non-hydrogen) atoms. The van der Waals surface area contributed by atoms with E-state index in [1.165, 1.54) is 11.9 Å². The first kappa shape index (κ1) is 17.6. The van der Waals surface area contributed by atoms with Gasteiger partial charge in [0.15, 0.2) is 0 Å². The van der Waals surface area contributed by atoms with Gasteiger partial charge < -0.3 is 4.57 Å². The van der Waals surface area contributed by atoms with E-state index in [2.05, 4.69) is 9.82 Å². The molecular formula is C20H20N4O2S. The average molecular weight is 380 g/mol. The van der Waals surface area contributed by atoms with E-state index in [4.69, 9.17) is 0 Å². The Labute approximate surface area is 161 Å². The Morgan fingerprint density at radius 2 is 2.04 bits per heavy atom. The zero-order valence-electron chi connectivity index (χ0n) is 15.2. The Morgan fingerprint density at radius 1 is 1.26 bits per heavy atom. The Morgan fingerprint density at radius 3 is 2.78 bits per heavy atom. The maximum atomic E-state index is 12.3. The molecule has 138 valence electrons. The fourth-order valence-corrected chi connectivity index (χ4v) is 3.52. The molecule has 1 aliphatic carbocycles. The minimum Gasteiger partial charge on any atom is -0.318 e. The van der Waals surface area contributed by atoms with Crippen molar-refractivity contribution in [3.8, 4) is 16.8 Å². The molecule has 0 atom stereocenters. The molecule has 2 heterocycles. The second kappa shape index (κ2) is 7.08. The summed E-state index contributed by atoms with van der Waals surface area (Å²) in [6.07, 6.45) is 9.62. The fourth-order valence-electron chi connectivity index (χ4n) is 3.22. The van der Waals surface area contributed by atoms with Crippen LogP contribution in [0.25, 0.3) is 16.8 Å². The number of amides is 1. The molecular weight excluding hydrogens is 360 g/mol. The number of rotatable bonds is 5. The van der Waals surface area contributed by atoms with E-state index in [1.807, 2.05) is 36.8 Å². The number of carbonyl (C=O) groups excluding carboxylic acids is 1. The molecule has 7 heteroatoms. The molecule has 2 aromatic heterocycles. The molecule has 0 unspecified atom stereocenters. The molecule has 1 saturated carbocycles. The van der Waals surface area contributed by atoms with Crippen molar-refractivity contribution >= 4 is 17.9 Å². The molecule has 0 bridgehead atoms. The number of hydrogen-bond acceptors (Lipinski definition) is 4. The van der Waals surface area contributed by atoms with Crippen molar-refractivity contribution < 1.29 is 4.79 Å².